The van der Waals surface area contributed by atoms with Crippen molar-refractivity contribution in [1.29, 1.82) is 0 Å². The molecule has 0 aromatic carbocycles. The van der Waals surface area contributed by atoms with Gasteiger partial charge in [-0.2, -0.15) is 0 Å². The van der Waals surface area contributed by atoms with Crippen molar-refractivity contribution in [2.75, 3.05) is 0 Å². The summed E-state index contributed by atoms with van der Waals surface area (Å²) in [4.78, 5) is 0. The van der Waals surface area contributed by atoms with Crippen LogP contribution in [0, 0.1) is 13.5 Å². The van der Waals surface area contributed by atoms with Crippen LogP contribution in [0.4, 0.5) is 0 Å². The third kappa shape index (κ3) is 5.48. The predicted octanol–water partition coefficient (Wildman–Crippen LogP) is 2.54. The van der Waals surface area contributed by atoms with E-state index in [1.165, 1.54) is 0 Å². The van der Waals surface area contributed by atoms with Crippen LogP contribution in [0.3, 0.4) is 0 Å². The van der Waals surface area contributed by atoms with Crippen molar-refractivity contribution in [3.05, 3.63) is 31.7 Å². The molecule has 0 N–H and O–H groups in total. The summed E-state index contributed by atoms with van der Waals surface area (Å²) < 4.78 is 0. The first kappa shape index (κ1) is 7.48. The van der Waals surface area contributed by atoms with Crippen LogP contribution in [0.25, 0.3) is 0 Å². The van der Waals surface area contributed by atoms with Crippen molar-refractivity contribution in [2.45, 2.75) is 19.3 Å². The second kappa shape index (κ2) is 6.48. The van der Waals surface area contributed by atoms with Crippen LogP contribution >= 0.6 is 0 Å². The fourth-order valence-corrected chi connectivity index (χ4v) is 0.471. The lowest BCUT2D eigenvalue weighted by Gasteiger charge is -1.85. The van der Waals surface area contributed by atoms with Crippen molar-refractivity contribution < 1.29 is 0 Å². The van der Waals surface area contributed by atoms with E-state index < -0.39 is 0 Å². The van der Waals surface area contributed by atoms with Crippen molar-refractivity contribution in [3.63, 3.8) is 0 Å². The van der Waals surface area contributed by atoms with Gasteiger partial charge in [0, 0.05) is 0 Å². The smallest absolute Gasteiger partial charge is 0.0316 e. The molecule has 0 heteroatoms. The molecular formula is C8H12. The SMILES string of the molecule is [CH]=CCCCC=C[CH2]. The Hall–Kier alpha value is -0.520. The van der Waals surface area contributed by atoms with Crippen molar-refractivity contribution in [1.82, 2.24) is 0 Å². The van der Waals surface area contributed by atoms with Gasteiger partial charge in [-0.15, -0.1) is 0 Å². The maximum absolute atomic E-state index is 5.15. The summed E-state index contributed by atoms with van der Waals surface area (Å²) in [5, 5.41) is 0. The summed E-state index contributed by atoms with van der Waals surface area (Å²) in [7, 11) is 0. The Bertz CT molecular complexity index is 70.1. The lowest BCUT2D eigenvalue weighted by atomic mass is 10.2. The van der Waals surface area contributed by atoms with Gasteiger partial charge in [0.1, 0.15) is 0 Å². The molecular weight excluding hydrogens is 96.1 g/mol. The Labute approximate surface area is 51.9 Å². The minimum atomic E-state index is 1.00. The molecule has 0 spiro atoms. The molecule has 2 radical (unpaired) electrons. The molecule has 0 rings (SSSR count). The van der Waals surface area contributed by atoms with E-state index in [2.05, 4.69) is 6.92 Å². The zero-order valence-corrected chi connectivity index (χ0v) is 5.14. The second-order valence-electron chi connectivity index (χ2n) is 1.64. The number of allylic oxidation sites excluding steroid dienone is 3. The summed E-state index contributed by atoms with van der Waals surface area (Å²) in [6.45, 7) is 8.71. The molecule has 8 heavy (non-hydrogen) atoms. The van der Waals surface area contributed by atoms with Crippen LogP contribution in [0.15, 0.2) is 18.2 Å². The van der Waals surface area contributed by atoms with Gasteiger partial charge in [0.05, 0.1) is 0 Å². The van der Waals surface area contributed by atoms with E-state index >= 15 is 0 Å². The number of rotatable bonds is 4. The van der Waals surface area contributed by atoms with Gasteiger partial charge in [-0.1, -0.05) is 24.8 Å². The minimum Gasteiger partial charge on any atom is -0.0885 e. The van der Waals surface area contributed by atoms with Gasteiger partial charge in [0.15, 0.2) is 0 Å². The third-order valence-corrected chi connectivity index (χ3v) is 0.908. The molecule has 0 bridgehead atoms. The van der Waals surface area contributed by atoms with Crippen LogP contribution < -0.4 is 0 Å². The lowest BCUT2D eigenvalue weighted by Crippen LogP contribution is -1.65. The zero-order chi connectivity index (χ0) is 6.24. The highest BCUT2D eigenvalue weighted by Crippen LogP contribution is 1.95. The van der Waals surface area contributed by atoms with Crippen LogP contribution in [-0.2, 0) is 0 Å². The molecule has 0 saturated carbocycles. The molecule has 0 unspecified atom stereocenters. The molecule has 44 valence electrons. The summed E-state index contributed by atoms with van der Waals surface area (Å²) in [6.07, 6.45) is 8.79. The summed E-state index contributed by atoms with van der Waals surface area (Å²) in [6, 6.07) is 0. The molecule has 0 aromatic rings. The molecule has 0 nitrogen and oxygen atoms in total. The van der Waals surface area contributed by atoms with Gasteiger partial charge < -0.3 is 0 Å². The molecule has 0 aliphatic rings. The molecule has 0 aliphatic heterocycles. The largest absolute Gasteiger partial charge is 0.0885 e. The number of hydrogen-bond acceptors (Lipinski definition) is 0. The minimum absolute atomic E-state index is 1.00. The van der Waals surface area contributed by atoms with Crippen molar-refractivity contribution in [2.24, 2.45) is 0 Å². The van der Waals surface area contributed by atoms with Crippen molar-refractivity contribution >= 4 is 0 Å². The Morgan fingerprint density at radius 2 is 2.12 bits per heavy atom. The average molecular weight is 108 g/mol. The van der Waals surface area contributed by atoms with E-state index in [1.54, 1.807) is 6.08 Å². The third-order valence-electron chi connectivity index (χ3n) is 0.908. The highest BCUT2D eigenvalue weighted by molar-refractivity contribution is 4.83. The Balaban J connectivity index is 2.82. The Morgan fingerprint density at radius 3 is 2.62 bits per heavy atom. The van der Waals surface area contributed by atoms with Crippen LogP contribution in [0.1, 0.15) is 19.3 Å². The molecule has 0 aliphatic carbocycles. The van der Waals surface area contributed by atoms with Gasteiger partial charge in [-0.25, -0.2) is 0 Å². The van der Waals surface area contributed by atoms with E-state index in [0.717, 1.165) is 19.3 Å². The predicted molar refractivity (Wildman–Crippen MR) is 37.2 cm³/mol. The summed E-state index contributed by atoms with van der Waals surface area (Å²) >= 11 is 0. The summed E-state index contributed by atoms with van der Waals surface area (Å²) in [5.74, 6) is 0. The van der Waals surface area contributed by atoms with Gasteiger partial charge in [-0.3, -0.25) is 0 Å². The van der Waals surface area contributed by atoms with Gasteiger partial charge in [0.2, 0.25) is 0 Å². The maximum Gasteiger partial charge on any atom is -0.0316 e. The molecule has 0 amide bonds. The molecule has 0 fully saturated rings. The van der Waals surface area contributed by atoms with Gasteiger partial charge >= 0.3 is 0 Å². The average Bonchev–Trinajstić information content (AvgIpc) is 1.81. The second-order valence-corrected chi connectivity index (χ2v) is 1.64. The zero-order valence-electron chi connectivity index (χ0n) is 5.14. The first-order valence-corrected chi connectivity index (χ1v) is 2.89. The van der Waals surface area contributed by atoms with Crippen molar-refractivity contribution in [3.8, 4) is 0 Å². The van der Waals surface area contributed by atoms with E-state index in [-0.39, 0.29) is 0 Å². The Kier molecular flexibility index (Phi) is 6.06. The fraction of sp³-hybridized carbons (Fsp3) is 0.375. The van der Waals surface area contributed by atoms with Gasteiger partial charge in [-0.05, 0) is 26.2 Å². The first-order chi connectivity index (χ1) is 3.91. The highest BCUT2D eigenvalue weighted by Gasteiger charge is 1.75. The van der Waals surface area contributed by atoms with E-state index in [4.69, 9.17) is 6.58 Å². The molecule has 0 saturated heterocycles. The quantitative estimate of drug-likeness (QED) is 0.485. The highest BCUT2D eigenvalue weighted by atomic mass is 13.8. The lowest BCUT2D eigenvalue weighted by molar-refractivity contribution is 0.869. The van der Waals surface area contributed by atoms with E-state index in [0.29, 0.717) is 0 Å². The summed E-state index contributed by atoms with van der Waals surface area (Å²) in [5.41, 5.74) is 0. The monoisotopic (exact) mass is 108 g/mol. The standard InChI is InChI=1S/C8H12/c1-3-5-7-8-6-4-2/h1,3-4,6H,2,5,7-8H2. The van der Waals surface area contributed by atoms with Crippen LogP contribution in [0.5, 0.6) is 0 Å². The molecule has 0 atom stereocenters. The maximum atomic E-state index is 5.15. The first-order valence-electron chi connectivity index (χ1n) is 2.89. The van der Waals surface area contributed by atoms with Gasteiger partial charge in [0.25, 0.3) is 0 Å². The normalized spacial score (nSPS) is 10.1. The number of hydrogen-bond donors (Lipinski definition) is 0. The number of unbranched alkanes of at least 4 members (excludes halogenated alkanes) is 2. The van der Waals surface area contributed by atoms with E-state index in [9.17, 15) is 0 Å². The molecule has 0 heterocycles. The Morgan fingerprint density at radius 1 is 1.38 bits per heavy atom. The van der Waals surface area contributed by atoms with Crippen LogP contribution in [-0.4, -0.2) is 0 Å². The van der Waals surface area contributed by atoms with E-state index in [1.807, 2.05) is 12.2 Å². The molecule has 0 aromatic heterocycles. The fourth-order valence-electron chi connectivity index (χ4n) is 0.471. The van der Waals surface area contributed by atoms with Crippen LogP contribution in [0.2, 0.25) is 0 Å². The topological polar surface area (TPSA) is 0 Å².